The molecule has 0 aliphatic carbocycles. The highest BCUT2D eigenvalue weighted by Crippen LogP contribution is 1.92. The van der Waals surface area contributed by atoms with E-state index in [-0.39, 0.29) is 5.91 Å². The minimum Gasteiger partial charge on any atom is -0.384 e. The number of hydrogen-bond acceptors (Lipinski definition) is 3. The Balaban J connectivity index is 3.40. The van der Waals surface area contributed by atoms with E-state index in [1.54, 1.807) is 7.11 Å². The Morgan fingerprint density at radius 3 is 2.53 bits per heavy atom. The van der Waals surface area contributed by atoms with Crippen LogP contribution in [-0.2, 0) is 9.53 Å². The highest BCUT2D eigenvalue weighted by molar-refractivity contribution is 5.76. The van der Waals surface area contributed by atoms with Gasteiger partial charge in [0.05, 0.1) is 6.61 Å². The second-order valence-electron chi connectivity index (χ2n) is 4.22. The molecule has 0 aromatic rings. The van der Waals surface area contributed by atoms with Crippen LogP contribution in [0.3, 0.4) is 0 Å². The molecule has 1 atom stereocenters. The van der Waals surface area contributed by atoms with Crippen molar-refractivity contribution in [2.75, 3.05) is 26.8 Å². The van der Waals surface area contributed by atoms with E-state index < -0.39 is 0 Å². The van der Waals surface area contributed by atoms with Crippen molar-refractivity contribution >= 4 is 5.91 Å². The molecule has 0 fully saturated rings. The smallest absolute Gasteiger partial charge is 0.221 e. The highest BCUT2D eigenvalue weighted by atomic mass is 16.5. The van der Waals surface area contributed by atoms with Crippen molar-refractivity contribution in [1.82, 2.24) is 10.6 Å². The zero-order chi connectivity index (χ0) is 11.7. The number of hydrogen-bond donors (Lipinski definition) is 2. The van der Waals surface area contributed by atoms with Crippen LogP contribution in [0, 0.1) is 5.92 Å². The first-order valence-electron chi connectivity index (χ1n) is 5.55. The summed E-state index contributed by atoms with van der Waals surface area (Å²) >= 11 is 0. The Morgan fingerprint density at radius 2 is 2.00 bits per heavy atom. The lowest BCUT2D eigenvalue weighted by Gasteiger charge is -2.12. The molecule has 0 saturated heterocycles. The van der Waals surface area contributed by atoms with Gasteiger partial charge < -0.3 is 15.4 Å². The van der Waals surface area contributed by atoms with E-state index in [4.69, 9.17) is 4.74 Å². The van der Waals surface area contributed by atoms with Gasteiger partial charge >= 0.3 is 0 Å². The van der Waals surface area contributed by atoms with Crippen LogP contribution in [0.1, 0.15) is 27.2 Å². The Labute approximate surface area is 92.8 Å². The summed E-state index contributed by atoms with van der Waals surface area (Å²) in [4.78, 5) is 11.3. The maximum absolute atomic E-state index is 11.3. The average Bonchev–Trinajstić information content (AvgIpc) is 2.14. The van der Waals surface area contributed by atoms with Crippen molar-refractivity contribution in [1.29, 1.82) is 0 Å². The molecule has 4 heteroatoms. The van der Waals surface area contributed by atoms with E-state index >= 15 is 0 Å². The topological polar surface area (TPSA) is 50.4 Å². The molecule has 0 saturated carbocycles. The molecule has 1 amide bonds. The third-order valence-electron chi connectivity index (χ3n) is 2.00. The summed E-state index contributed by atoms with van der Waals surface area (Å²) in [5.74, 6) is 0.475. The van der Waals surface area contributed by atoms with Gasteiger partial charge in [-0.25, -0.2) is 0 Å². The fourth-order valence-electron chi connectivity index (χ4n) is 1.19. The summed E-state index contributed by atoms with van der Waals surface area (Å²) in [6.07, 6.45) is 0.540. The van der Waals surface area contributed by atoms with Crippen LogP contribution in [0.2, 0.25) is 0 Å². The summed E-state index contributed by atoms with van der Waals surface area (Å²) in [5.41, 5.74) is 0. The Kier molecular flexibility index (Phi) is 8.33. The first kappa shape index (κ1) is 14.4. The zero-order valence-corrected chi connectivity index (χ0v) is 10.3. The lowest BCUT2D eigenvalue weighted by atomic mass is 10.2. The van der Waals surface area contributed by atoms with Crippen LogP contribution in [0.4, 0.5) is 0 Å². The Hall–Kier alpha value is -0.610. The first-order chi connectivity index (χ1) is 7.06. The molecule has 4 nitrogen and oxygen atoms in total. The molecule has 0 aliphatic heterocycles. The van der Waals surface area contributed by atoms with Gasteiger partial charge in [-0.3, -0.25) is 4.79 Å². The third-order valence-corrected chi connectivity index (χ3v) is 2.00. The molecule has 0 spiro atoms. The normalized spacial score (nSPS) is 12.9. The number of nitrogens with one attached hydrogen (secondary N) is 2. The van der Waals surface area contributed by atoms with Crippen molar-refractivity contribution < 1.29 is 9.53 Å². The van der Waals surface area contributed by atoms with Crippen LogP contribution in [0.15, 0.2) is 0 Å². The van der Waals surface area contributed by atoms with E-state index in [1.807, 2.05) is 0 Å². The number of ether oxygens (including phenoxy) is 1. The molecule has 1 unspecified atom stereocenters. The Morgan fingerprint density at radius 1 is 1.33 bits per heavy atom. The monoisotopic (exact) mass is 216 g/mol. The van der Waals surface area contributed by atoms with E-state index in [2.05, 4.69) is 31.4 Å². The summed E-state index contributed by atoms with van der Waals surface area (Å²) in [6, 6.07) is 0.435. The summed E-state index contributed by atoms with van der Waals surface area (Å²) < 4.78 is 4.98. The molecule has 0 aliphatic rings. The SMILES string of the molecule is COCC(C)CNC(=O)CCNC(C)C. The average molecular weight is 216 g/mol. The predicted molar refractivity (Wildman–Crippen MR) is 61.8 cm³/mol. The largest absolute Gasteiger partial charge is 0.384 e. The third kappa shape index (κ3) is 9.69. The van der Waals surface area contributed by atoms with Gasteiger partial charge in [0.25, 0.3) is 0 Å². The molecule has 0 radical (unpaired) electrons. The van der Waals surface area contributed by atoms with Crippen LogP contribution in [0.25, 0.3) is 0 Å². The number of carbonyl (C=O) groups is 1. The first-order valence-corrected chi connectivity index (χ1v) is 5.55. The van der Waals surface area contributed by atoms with Crippen LogP contribution in [0.5, 0.6) is 0 Å². The maximum Gasteiger partial charge on any atom is 0.221 e. The lowest BCUT2D eigenvalue weighted by Crippen LogP contribution is -2.33. The van der Waals surface area contributed by atoms with Gasteiger partial charge in [-0.1, -0.05) is 20.8 Å². The van der Waals surface area contributed by atoms with Gasteiger partial charge in [-0.15, -0.1) is 0 Å². The van der Waals surface area contributed by atoms with Crippen molar-refractivity contribution in [3.8, 4) is 0 Å². The fourth-order valence-corrected chi connectivity index (χ4v) is 1.19. The van der Waals surface area contributed by atoms with Gasteiger partial charge in [0.2, 0.25) is 5.91 Å². The van der Waals surface area contributed by atoms with E-state index in [0.29, 0.717) is 31.5 Å². The zero-order valence-electron chi connectivity index (χ0n) is 10.3. The molecule has 0 aromatic heterocycles. The minimum atomic E-state index is 0.103. The minimum absolute atomic E-state index is 0.103. The standard InChI is InChI=1S/C11H24N2O2/c1-9(2)12-6-5-11(14)13-7-10(3)8-15-4/h9-10,12H,5-8H2,1-4H3,(H,13,14). The Bertz CT molecular complexity index is 172. The predicted octanol–water partition coefficient (Wildman–Crippen LogP) is 0.773. The molecular formula is C11H24N2O2. The van der Waals surface area contributed by atoms with Gasteiger partial charge in [0.1, 0.15) is 0 Å². The molecule has 15 heavy (non-hydrogen) atoms. The van der Waals surface area contributed by atoms with Crippen molar-refractivity contribution in [3.63, 3.8) is 0 Å². The number of carbonyl (C=O) groups excluding carboxylic acids is 1. The molecule has 0 rings (SSSR count). The van der Waals surface area contributed by atoms with Gasteiger partial charge in [-0.05, 0) is 5.92 Å². The molecule has 90 valence electrons. The van der Waals surface area contributed by atoms with Crippen molar-refractivity contribution in [3.05, 3.63) is 0 Å². The van der Waals surface area contributed by atoms with Gasteiger partial charge in [0.15, 0.2) is 0 Å². The molecule has 2 N–H and O–H groups in total. The van der Waals surface area contributed by atoms with Gasteiger partial charge in [0, 0.05) is 32.7 Å². The van der Waals surface area contributed by atoms with E-state index in [9.17, 15) is 4.79 Å². The molecular weight excluding hydrogens is 192 g/mol. The quantitative estimate of drug-likeness (QED) is 0.630. The maximum atomic E-state index is 11.3. The number of amides is 1. The summed E-state index contributed by atoms with van der Waals surface area (Å²) in [7, 11) is 1.67. The highest BCUT2D eigenvalue weighted by Gasteiger charge is 2.05. The second-order valence-corrected chi connectivity index (χ2v) is 4.22. The fraction of sp³-hybridized carbons (Fsp3) is 0.909. The van der Waals surface area contributed by atoms with Crippen LogP contribution >= 0.6 is 0 Å². The molecule has 0 aromatic carbocycles. The second kappa shape index (κ2) is 8.68. The molecule has 0 heterocycles. The summed E-state index contributed by atoms with van der Waals surface area (Å²) in [5, 5.41) is 6.09. The van der Waals surface area contributed by atoms with E-state index in [1.165, 1.54) is 0 Å². The van der Waals surface area contributed by atoms with Gasteiger partial charge in [-0.2, -0.15) is 0 Å². The van der Waals surface area contributed by atoms with Crippen LogP contribution in [-0.4, -0.2) is 38.8 Å². The van der Waals surface area contributed by atoms with Crippen molar-refractivity contribution in [2.45, 2.75) is 33.2 Å². The lowest BCUT2D eigenvalue weighted by molar-refractivity contribution is -0.121. The number of rotatable bonds is 8. The van der Waals surface area contributed by atoms with Crippen LogP contribution < -0.4 is 10.6 Å². The number of methoxy groups -OCH3 is 1. The molecule has 0 bridgehead atoms. The summed E-state index contributed by atoms with van der Waals surface area (Å²) in [6.45, 7) is 8.30. The van der Waals surface area contributed by atoms with Crippen molar-refractivity contribution in [2.24, 2.45) is 5.92 Å². The van der Waals surface area contributed by atoms with E-state index in [0.717, 1.165) is 6.54 Å².